The van der Waals surface area contributed by atoms with Crippen LogP contribution in [0.25, 0.3) is 0 Å². The molecule has 23 heteroatoms. The molecule has 0 saturated heterocycles. The molecule has 230 valence electrons. The Balaban J connectivity index is 3.62. The third-order valence-electron chi connectivity index (χ3n) is 4.30. The molecule has 0 aromatic heterocycles. The summed E-state index contributed by atoms with van der Waals surface area (Å²) in [4.78, 5) is 0. The van der Waals surface area contributed by atoms with Gasteiger partial charge in [-0.25, -0.2) is 0 Å². The van der Waals surface area contributed by atoms with Gasteiger partial charge in [0.15, 0.2) is 5.75 Å². The molecule has 0 N–H and O–H groups in total. The van der Waals surface area contributed by atoms with Crippen LogP contribution in [0.15, 0.2) is 30.3 Å². The summed E-state index contributed by atoms with van der Waals surface area (Å²) in [5.74, 6) is -52.5. The van der Waals surface area contributed by atoms with Crippen LogP contribution in [-0.2, 0) is 13.7 Å². The summed E-state index contributed by atoms with van der Waals surface area (Å²) in [5.41, 5.74) is 0. The fourth-order valence-electron chi connectivity index (χ4n) is 2.29. The molecule has 0 heterocycles. The van der Waals surface area contributed by atoms with Gasteiger partial charge >= 0.3 is 57.1 Å². The summed E-state index contributed by atoms with van der Waals surface area (Å²) < 4.78 is 258. The highest BCUT2D eigenvalue weighted by Gasteiger charge is 2.96. The van der Waals surface area contributed by atoms with Crippen molar-refractivity contribution in [2.24, 2.45) is 0 Å². The molecule has 4 nitrogen and oxygen atoms in total. The van der Waals surface area contributed by atoms with Crippen LogP contribution in [0.1, 0.15) is 0 Å². The van der Waals surface area contributed by atoms with Gasteiger partial charge in [-0.05, 0) is 12.1 Å². The number of para-hydroxylation sites is 1. The molecule has 0 aliphatic heterocycles. The van der Waals surface area contributed by atoms with Crippen molar-refractivity contribution in [3.63, 3.8) is 0 Å². The predicted octanol–water partition coefficient (Wildman–Crippen LogP) is 7.27. The van der Waals surface area contributed by atoms with E-state index in [0.29, 0.717) is 12.5 Å². The summed E-state index contributed by atoms with van der Waals surface area (Å²) in [5, 5.41) is -7.77. The van der Waals surface area contributed by atoms with E-state index in [4.69, 9.17) is 4.18 Å². The van der Waals surface area contributed by atoms with E-state index >= 15 is 0 Å². The van der Waals surface area contributed by atoms with Crippen LogP contribution in [-0.4, -0.2) is 67.9 Å². The first kappa shape index (κ1) is 35.1. The second kappa shape index (κ2) is 9.58. The third-order valence-corrected chi connectivity index (χ3v) is 7.81. The van der Waals surface area contributed by atoms with E-state index in [-0.39, 0.29) is 0 Å². The van der Waals surface area contributed by atoms with Crippen LogP contribution in [0.5, 0.6) is 5.75 Å². The third kappa shape index (κ3) is 5.28. The predicted molar refractivity (Wildman–Crippen MR) is 97.2 cm³/mol. The van der Waals surface area contributed by atoms with Crippen LogP contribution in [0, 0.1) is 0 Å². The van der Waals surface area contributed by atoms with E-state index < -0.39 is 73.4 Å². The molecule has 0 radical (unpaired) electrons. The van der Waals surface area contributed by atoms with Gasteiger partial charge in [0, 0.05) is 12.5 Å². The first-order chi connectivity index (χ1) is 16.8. The summed E-state index contributed by atoms with van der Waals surface area (Å²) in [6.07, 6.45) is -7.08. The molecule has 39 heavy (non-hydrogen) atoms. The van der Waals surface area contributed by atoms with E-state index in [1.807, 2.05) is 0 Å². The Labute approximate surface area is 207 Å². The Hall–Kier alpha value is -1.91. The zero-order valence-electron chi connectivity index (χ0n) is 18.3. The lowest BCUT2D eigenvalue weighted by atomic mass is 9.91. The first-order valence-corrected chi connectivity index (χ1v) is 12.6. The van der Waals surface area contributed by atoms with Gasteiger partial charge in [-0.1, -0.05) is 18.2 Å². The minimum absolute atomic E-state index is 0.409. The molecule has 0 fully saturated rings. The number of benzene rings is 1. The number of hydrogen-bond donors (Lipinski definition) is 0. The van der Waals surface area contributed by atoms with Gasteiger partial charge in [-0.2, -0.15) is 83.1 Å². The second-order valence-electron chi connectivity index (χ2n) is 7.52. The lowest BCUT2D eigenvalue weighted by Gasteiger charge is -2.43. The lowest BCUT2D eigenvalue weighted by molar-refractivity contribution is -0.458. The zero-order chi connectivity index (χ0) is 31.5. The van der Waals surface area contributed by atoms with E-state index in [1.165, 1.54) is 6.07 Å². The van der Waals surface area contributed by atoms with Gasteiger partial charge in [0.2, 0.25) is 0 Å². The Morgan fingerprint density at radius 1 is 0.538 bits per heavy atom. The maximum absolute atomic E-state index is 14.1. The highest BCUT2D eigenvalue weighted by Crippen LogP contribution is 2.65. The fraction of sp³-hybridized carbons (Fsp3) is 0.625. The maximum Gasteiger partial charge on any atom is 0.460 e. The minimum atomic E-state index is -8.91. The highest BCUT2D eigenvalue weighted by molar-refractivity contribution is 8.28. The lowest BCUT2D eigenvalue weighted by Crippen LogP contribution is -2.75. The van der Waals surface area contributed by atoms with Crippen molar-refractivity contribution >= 4 is 20.7 Å². The summed E-state index contributed by atoms with van der Waals surface area (Å²) >= 11 is 0. The summed E-state index contributed by atoms with van der Waals surface area (Å²) in [6.45, 7) is 0. The quantitative estimate of drug-likeness (QED) is 0.236. The average Bonchev–Trinajstić information content (AvgIpc) is 2.71. The molecule has 0 bridgehead atoms. The summed E-state index contributed by atoms with van der Waals surface area (Å²) in [6, 6.07) is 5.54. The SMILES string of the molecule is CS(C)(Oc1ccccc1)OS(=O)(=O)C(F)(F)C(F)(F)C(F)(F)C(F)(F)C(F)(F)C(F)(F)C(F)(F)C(F)(F)F. The Morgan fingerprint density at radius 3 is 1.23 bits per heavy atom. The van der Waals surface area contributed by atoms with Crippen LogP contribution < -0.4 is 4.18 Å². The monoisotopic (exact) mass is 654 g/mol. The normalized spacial score (nSPS) is 16.3. The van der Waals surface area contributed by atoms with Crippen molar-refractivity contribution in [2.75, 3.05) is 12.5 Å². The fourth-order valence-corrected chi connectivity index (χ4v) is 5.48. The van der Waals surface area contributed by atoms with Gasteiger partial charge in [-0.15, -0.1) is 14.2 Å². The van der Waals surface area contributed by atoms with Crippen LogP contribution in [0.3, 0.4) is 0 Å². The van der Waals surface area contributed by atoms with E-state index in [2.05, 4.69) is 3.63 Å². The Kier molecular flexibility index (Phi) is 8.63. The molecule has 0 aliphatic rings. The number of alkyl halides is 17. The minimum Gasteiger partial charge on any atom is -0.391 e. The van der Waals surface area contributed by atoms with Crippen molar-refractivity contribution < 1.29 is 90.9 Å². The maximum atomic E-state index is 14.1. The molecule has 0 spiro atoms. The van der Waals surface area contributed by atoms with E-state index in [9.17, 15) is 83.1 Å². The zero-order valence-corrected chi connectivity index (χ0v) is 19.9. The second-order valence-corrected chi connectivity index (χ2v) is 11.9. The van der Waals surface area contributed by atoms with Crippen molar-refractivity contribution in [2.45, 2.75) is 47.0 Å². The Morgan fingerprint density at radius 2 is 0.872 bits per heavy atom. The van der Waals surface area contributed by atoms with E-state index in [0.717, 1.165) is 24.3 Å². The molecule has 1 aromatic carbocycles. The molecule has 0 unspecified atom stereocenters. The number of halogens is 17. The van der Waals surface area contributed by atoms with Crippen LogP contribution in [0.4, 0.5) is 74.6 Å². The topological polar surface area (TPSA) is 52.6 Å². The number of hydrogen-bond acceptors (Lipinski definition) is 4. The van der Waals surface area contributed by atoms with Gasteiger partial charge < -0.3 is 4.18 Å². The van der Waals surface area contributed by atoms with Gasteiger partial charge in [-0.3, -0.25) is 0 Å². The molecule has 1 aromatic rings. The van der Waals surface area contributed by atoms with Crippen molar-refractivity contribution in [1.82, 2.24) is 0 Å². The average molecular weight is 654 g/mol. The molecule has 0 saturated carbocycles. The summed E-state index contributed by atoms with van der Waals surface area (Å²) in [7, 11) is -11.8. The van der Waals surface area contributed by atoms with Gasteiger partial charge in [0.1, 0.15) is 0 Å². The standard InChI is InChI=1S/C16H11F17O4S2/c1-38(2,36-8-6-4-3-5-7-8)37-39(34,35)16(32,33)14(27,28)12(23,24)10(19,20)9(17,18)11(21,22)13(25,26)15(29,30)31/h3-7H,1-2H3. The number of rotatable bonds is 11. The molecule has 0 amide bonds. The van der Waals surface area contributed by atoms with Crippen molar-refractivity contribution in [1.29, 1.82) is 0 Å². The van der Waals surface area contributed by atoms with Crippen molar-refractivity contribution in [3.8, 4) is 5.75 Å². The van der Waals surface area contributed by atoms with Gasteiger partial charge in [0.25, 0.3) is 0 Å². The van der Waals surface area contributed by atoms with Crippen LogP contribution >= 0.6 is 10.6 Å². The molecular formula is C16H11F17O4S2. The van der Waals surface area contributed by atoms with E-state index in [1.54, 1.807) is 0 Å². The highest BCUT2D eigenvalue weighted by atomic mass is 32.3. The molecule has 0 atom stereocenters. The smallest absolute Gasteiger partial charge is 0.391 e. The molecular weight excluding hydrogens is 643 g/mol. The van der Waals surface area contributed by atoms with Crippen molar-refractivity contribution in [3.05, 3.63) is 30.3 Å². The molecule has 1 rings (SSSR count). The van der Waals surface area contributed by atoms with Crippen LogP contribution in [0.2, 0.25) is 0 Å². The Bertz CT molecular complexity index is 1130. The molecule has 0 aliphatic carbocycles. The largest absolute Gasteiger partial charge is 0.460 e. The van der Waals surface area contributed by atoms with Gasteiger partial charge in [0.05, 0.1) is 0 Å². The first-order valence-electron chi connectivity index (χ1n) is 8.93.